The van der Waals surface area contributed by atoms with Crippen LogP contribution in [0, 0.1) is 5.82 Å². The Morgan fingerprint density at radius 3 is 2.53 bits per heavy atom. The van der Waals surface area contributed by atoms with Gasteiger partial charge in [-0.1, -0.05) is 0 Å². The van der Waals surface area contributed by atoms with Crippen LogP contribution < -0.4 is 10.0 Å². The van der Waals surface area contributed by atoms with Gasteiger partial charge in [0.25, 0.3) is 0 Å². The number of anilines is 1. The second kappa shape index (κ2) is 5.98. The molecule has 0 fully saturated rings. The highest BCUT2D eigenvalue weighted by atomic mass is 32.2. The van der Waals surface area contributed by atoms with Crippen molar-refractivity contribution < 1.29 is 22.3 Å². The first-order chi connectivity index (χ1) is 8.79. The summed E-state index contributed by atoms with van der Waals surface area (Å²) in [5.74, 6) is -1.28. The van der Waals surface area contributed by atoms with Gasteiger partial charge in [0.15, 0.2) is 0 Å². The van der Waals surface area contributed by atoms with Crippen LogP contribution in [0.25, 0.3) is 0 Å². The number of esters is 1. The minimum Gasteiger partial charge on any atom is -0.468 e. The van der Waals surface area contributed by atoms with Crippen molar-refractivity contribution in [2.24, 2.45) is 5.14 Å². The summed E-state index contributed by atoms with van der Waals surface area (Å²) in [7, 11) is -2.72. The molecule has 0 saturated carbocycles. The Bertz CT molecular complexity index is 574. The summed E-state index contributed by atoms with van der Waals surface area (Å²) in [6.45, 7) is 1.97. The lowest BCUT2D eigenvalue weighted by Crippen LogP contribution is -2.31. The number of sulfonamides is 1. The van der Waals surface area contributed by atoms with E-state index in [9.17, 15) is 17.6 Å². The second-order valence-electron chi connectivity index (χ2n) is 3.75. The molecule has 106 valence electrons. The fourth-order valence-electron chi connectivity index (χ4n) is 1.51. The van der Waals surface area contributed by atoms with Crippen LogP contribution in [0.4, 0.5) is 10.1 Å². The molecule has 0 bridgehead atoms. The van der Waals surface area contributed by atoms with E-state index in [1.165, 1.54) is 24.1 Å². The summed E-state index contributed by atoms with van der Waals surface area (Å²) < 4.78 is 40.5. The first-order valence-corrected chi connectivity index (χ1v) is 6.98. The minimum atomic E-state index is -3.95. The quantitative estimate of drug-likeness (QED) is 0.796. The van der Waals surface area contributed by atoms with E-state index in [-0.39, 0.29) is 17.1 Å². The SMILES string of the molecule is CCN(CC(=O)OC)c1ccc(S(N)(=O)=O)cc1F. The van der Waals surface area contributed by atoms with Gasteiger partial charge in [-0.3, -0.25) is 4.79 Å². The first kappa shape index (κ1) is 15.4. The Kier molecular flexibility index (Phi) is 4.84. The average Bonchev–Trinajstić information content (AvgIpc) is 2.34. The molecule has 0 aliphatic carbocycles. The molecule has 0 atom stereocenters. The fourth-order valence-corrected chi connectivity index (χ4v) is 2.03. The Hall–Kier alpha value is -1.67. The van der Waals surface area contributed by atoms with E-state index in [1.54, 1.807) is 6.92 Å². The van der Waals surface area contributed by atoms with E-state index < -0.39 is 21.8 Å². The summed E-state index contributed by atoms with van der Waals surface area (Å²) in [5.41, 5.74) is 0.111. The van der Waals surface area contributed by atoms with Gasteiger partial charge in [-0.25, -0.2) is 17.9 Å². The molecule has 1 aromatic carbocycles. The van der Waals surface area contributed by atoms with E-state index in [1.807, 2.05) is 0 Å². The van der Waals surface area contributed by atoms with E-state index in [4.69, 9.17) is 5.14 Å². The van der Waals surface area contributed by atoms with Gasteiger partial charge >= 0.3 is 5.97 Å². The standard InChI is InChI=1S/C11H15FN2O4S/c1-3-14(7-11(15)18-2)10-5-4-8(6-9(10)12)19(13,16)17/h4-6H,3,7H2,1-2H3,(H2,13,16,17). The number of methoxy groups -OCH3 is 1. The van der Waals surface area contributed by atoms with Crippen LogP contribution in [0.15, 0.2) is 23.1 Å². The lowest BCUT2D eigenvalue weighted by molar-refractivity contribution is -0.138. The molecule has 0 aromatic heterocycles. The lowest BCUT2D eigenvalue weighted by atomic mass is 10.2. The Morgan fingerprint density at radius 2 is 2.11 bits per heavy atom. The molecule has 19 heavy (non-hydrogen) atoms. The minimum absolute atomic E-state index is 0.111. The maximum Gasteiger partial charge on any atom is 0.325 e. The zero-order valence-electron chi connectivity index (χ0n) is 10.6. The number of primary sulfonamides is 1. The maximum atomic E-state index is 13.9. The number of ether oxygens (including phenoxy) is 1. The molecule has 6 nitrogen and oxygen atoms in total. The van der Waals surface area contributed by atoms with Crippen LogP contribution in [0.2, 0.25) is 0 Å². The van der Waals surface area contributed by atoms with Crippen molar-refractivity contribution in [3.8, 4) is 0 Å². The number of hydrogen-bond acceptors (Lipinski definition) is 5. The molecular formula is C11H15FN2O4S. The number of rotatable bonds is 5. The van der Waals surface area contributed by atoms with Crippen molar-refractivity contribution in [1.82, 2.24) is 0 Å². The first-order valence-electron chi connectivity index (χ1n) is 5.43. The van der Waals surface area contributed by atoms with Gasteiger partial charge in [0.05, 0.1) is 17.7 Å². The van der Waals surface area contributed by atoms with Crippen molar-refractivity contribution in [3.63, 3.8) is 0 Å². The number of carbonyl (C=O) groups excluding carboxylic acids is 1. The predicted molar refractivity (Wildman–Crippen MR) is 67.7 cm³/mol. The van der Waals surface area contributed by atoms with Gasteiger partial charge in [0, 0.05) is 6.54 Å². The van der Waals surface area contributed by atoms with Gasteiger partial charge in [-0.05, 0) is 25.1 Å². The summed E-state index contributed by atoms with van der Waals surface area (Å²) in [4.78, 5) is 12.3. The van der Waals surface area contributed by atoms with E-state index in [0.717, 1.165) is 6.07 Å². The van der Waals surface area contributed by atoms with Gasteiger partial charge < -0.3 is 9.64 Å². The zero-order valence-corrected chi connectivity index (χ0v) is 11.4. The molecular weight excluding hydrogens is 275 g/mol. The van der Waals surface area contributed by atoms with Gasteiger partial charge in [-0.2, -0.15) is 0 Å². The number of nitrogens with two attached hydrogens (primary N) is 1. The van der Waals surface area contributed by atoms with Crippen molar-refractivity contribution in [1.29, 1.82) is 0 Å². The normalized spacial score (nSPS) is 11.2. The molecule has 0 aliphatic heterocycles. The molecule has 0 saturated heterocycles. The Labute approximate surface area is 111 Å². The van der Waals surface area contributed by atoms with E-state index in [0.29, 0.717) is 6.54 Å². The highest BCUT2D eigenvalue weighted by molar-refractivity contribution is 7.89. The monoisotopic (exact) mass is 290 g/mol. The van der Waals surface area contributed by atoms with Crippen LogP contribution in [0.5, 0.6) is 0 Å². The summed E-state index contributed by atoms with van der Waals surface area (Å²) in [5, 5.41) is 4.90. The molecule has 0 spiro atoms. The maximum absolute atomic E-state index is 13.9. The van der Waals surface area contributed by atoms with Gasteiger partial charge in [-0.15, -0.1) is 0 Å². The molecule has 0 unspecified atom stereocenters. The van der Waals surface area contributed by atoms with Crippen LogP contribution in [0.3, 0.4) is 0 Å². The summed E-state index contributed by atoms with van der Waals surface area (Å²) in [6, 6.07) is 3.28. The highest BCUT2D eigenvalue weighted by Gasteiger charge is 2.17. The van der Waals surface area contributed by atoms with Gasteiger partial charge in [0.2, 0.25) is 10.0 Å². The molecule has 1 rings (SSSR count). The third-order valence-corrected chi connectivity index (χ3v) is 3.43. The van der Waals surface area contributed by atoms with Crippen LogP contribution >= 0.6 is 0 Å². The van der Waals surface area contributed by atoms with Crippen LogP contribution in [-0.2, 0) is 19.6 Å². The van der Waals surface area contributed by atoms with Crippen LogP contribution in [0.1, 0.15) is 6.92 Å². The second-order valence-corrected chi connectivity index (χ2v) is 5.31. The van der Waals surface area contributed by atoms with E-state index in [2.05, 4.69) is 4.74 Å². The predicted octanol–water partition coefficient (Wildman–Crippen LogP) is 0.472. The topological polar surface area (TPSA) is 89.7 Å². The fraction of sp³-hybridized carbons (Fsp3) is 0.364. The Morgan fingerprint density at radius 1 is 1.47 bits per heavy atom. The number of likely N-dealkylation sites (N-methyl/N-ethyl adjacent to an activating group) is 1. The molecule has 2 N–H and O–H groups in total. The zero-order chi connectivity index (χ0) is 14.6. The van der Waals surface area contributed by atoms with Crippen molar-refractivity contribution in [2.75, 3.05) is 25.1 Å². The number of hydrogen-bond donors (Lipinski definition) is 1. The molecule has 0 radical (unpaired) electrons. The molecule has 8 heteroatoms. The number of benzene rings is 1. The third kappa shape index (κ3) is 3.90. The van der Waals surface area contributed by atoms with E-state index >= 15 is 0 Å². The third-order valence-electron chi connectivity index (χ3n) is 2.52. The summed E-state index contributed by atoms with van der Waals surface area (Å²) in [6.07, 6.45) is 0. The van der Waals surface area contributed by atoms with Crippen LogP contribution in [-0.4, -0.2) is 34.6 Å². The van der Waals surface area contributed by atoms with Gasteiger partial charge in [0.1, 0.15) is 12.4 Å². The summed E-state index contributed by atoms with van der Waals surface area (Å²) >= 11 is 0. The average molecular weight is 290 g/mol. The molecule has 0 heterocycles. The number of carbonyl (C=O) groups is 1. The largest absolute Gasteiger partial charge is 0.468 e. The number of halogens is 1. The number of nitrogens with zero attached hydrogens (tertiary/aromatic N) is 1. The molecule has 0 aliphatic rings. The Balaban J connectivity index is 3.10. The smallest absolute Gasteiger partial charge is 0.325 e. The molecule has 0 amide bonds. The molecule has 1 aromatic rings. The lowest BCUT2D eigenvalue weighted by Gasteiger charge is -2.22. The van der Waals surface area contributed by atoms with Crippen molar-refractivity contribution in [3.05, 3.63) is 24.0 Å². The van der Waals surface area contributed by atoms with Crippen molar-refractivity contribution in [2.45, 2.75) is 11.8 Å². The highest BCUT2D eigenvalue weighted by Crippen LogP contribution is 2.22. The van der Waals surface area contributed by atoms with Crippen molar-refractivity contribution >= 4 is 21.7 Å².